The summed E-state index contributed by atoms with van der Waals surface area (Å²) in [6.45, 7) is 4.27. The number of hydrogen-bond donors (Lipinski definition) is 1. The number of carboxylic acid groups (broad SMARTS) is 1. The fraction of sp³-hybridized carbons (Fsp3) is 0.625. The second-order valence-corrected chi connectivity index (χ2v) is 6.80. The van der Waals surface area contributed by atoms with Gasteiger partial charge in [0.05, 0.1) is 0 Å². The predicted molar refractivity (Wildman–Crippen MR) is 51.8 cm³/mol. The number of rotatable bonds is 1. The van der Waals surface area contributed by atoms with E-state index in [0.717, 1.165) is 5.31 Å². The Balaban J connectivity index is 2.69. The third-order valence-electron chi connectivity index (χ3n) is 2.15. The molecule has 13 heavy (non-hydrogen) atoms. The largest absolute Gasteiger partial charge is 0.465 e. The van der Waals surface area contributed by atoms with Gasteiger partial charge in [0.1, 0.15) is 7.14 Å². The number of nitrogens with zero attached hydrogens (tertiary/aromatic N) is 1. The van der Waals surface area contributed by atoms with Crippen LogP contribution in [0.5, 0.6) is 0 Å². The van der Waals surface area contributed by atoms with Crippen LogP contribution < -0.4 is 0 Å². The van der Waals surface area contributed by atoms with Crippen molar-refractivity contribution in [3.8, 4) is 0 Å². The number of amides is 1. The topological polar surface area (TPSA) is 57.6 Å². The molecule has 1 rings (SSSR count). The fourth-order valence-electron chi connectivity index (χ4n) is 1.32. The van der Waals surface area contributed by atoms with Crippen molar-refractivity contribution < 1.29 is 14.5 Å². The lowest BCUT2D eigenvalue weighted by Crippen LogP contribution is -2.33. The van der Waals surface area contributed by atoms with E-state index in [1.165, 1.54) is 4.90 Å². The van der Waals surface area contributed by atoms with Crippen molar-refractivity contribution in [1.82, 2.24) is 4.90 Å². The van der Waals surface area contributed by atoms with Crippen LogP contribution in [0, 0.1) is 0 Å². The molecule has 1 N–H and O–H groups in total. The molecule has 1 amide bonds. The number of carbonyl (C=O) groups is 1. The minimum atomic E-state index is -2.16. The quantitative estimate of drug-likeness (QED) is 0.662. The van der Waals surface area contributed by atoms with Gasteiger partial charge in [-0.15, -0.1) is 0 Å². The summed E-state index contributed by atoms with van der Waals surface area (Å²) >= 11 is 0. The van der Waals surface area contributed by atoms with Crippen LogP contribution in [-0.2, 0) is 4.57 Å². The molecule has 0 saturated heterocycles. The van der Waals surface area contributed by atoms with Crippen LogP contribution >= 0.6 is 7.14 Å². The monoisotopic (exact) mass is 203 g/mol. The van der Waals surface area contributed by atoms with Gasteiger partial charge in [0.25, 0.3) is 0 Å². The molecule has 1 heterocycles. The Morgan fingerprint density at radius 1 is 1.62 bits per heavy atom. The maximum absolute atomic E-state index is 11.6. The van der Waals surface area contributed by atoms with E-state index in [4.69, 9.17) is 5.11 Å². The molecule has 1 aliphatic heterocycles. The highest BCUT2D eigenvalue weighted by atomic mass is 31.2. The van der Waals surface area contributed by atoms with E-state index >= 15 is 0 Å². The van der Waals surface area contributed by atoms with Crippen LogP contribution in [-0.4, -0.2) is 42.5 Å². The second kappa shape index (κ2) is 3.54. The smallest absolute Gasteiger partial charge is 0.407 e. The van der Waals surface area contributed by atoms with Gasteiger partial charge < -0.3 is 14.6 Å². The van der Waals surface area contributed by atoms with E-state index in [2.05, 4.69) is 0 Å². The first-order valence-corrected chi connectivity index (χ1v) is 6.74. The van der Waals surface area contributed by atoms with Gasteiger partial charge >= 0.3 is 6.09 Å². The van der Waals surface area contributed by atoms with Crippen molar-refractivity contribution in [2.75, 3.05) is 26.4 Å². The summed E-state index contributed by atoms with van der Waals surface area (Å²) in [7, 11) is -2.16. The molecule has 5 heteroatoms. The third kappa shape index (κ3) is 2.59. The van der Waals surface area contributed by atoms with Gasteiger partial charge in [-0.3, -0.25) is 0 Å². The van der Waals surface area contributed by atoms with Gasteiger partial charge in [0.2, 0.25) is 0 Å². The Labute approximate surface area is 77.6 Å². The standard InChI is InChI=1S/C8H14NO3P/c1-13(2,12)7-3-5-9(6-4-7)8(10)11/h3H,4-6H2,1-2H3,(H,10,11). The zero-order valence-corrected chi connectivity index (χ0v) is 8.75. The Morgan fingerprint density at radius 3 is 2.54 bits per heavy atom. The van der Waals surface area contributed by atoms with Gasteiger partial charge in [0.15, 0.2) is 0 Å². The Kier molecular flexibility index (Phi) is 2.81. The molecular formula is C8H14NO3P. The molecule has 1 aliphatic rings. The predicted octanol–water partition coefficient (Wildman–Crippen LogP) is 1.88. The maximum Gasteiger partial charge on any atom is 0.407 e. The first-order valence-electron chi connectivity index (χ1n) is 4.13. The highest BCUT2D eigenvalue weighted by Gasteiger charge is 2.21. The van der Waals surface area contributed by atoms with E-state index in [0.29, 0.717) is 19.5 Å². The van der Waals surface area contributed by atoms with E-state index in [-0.39, 0.29) is 0 Å². The molecule has 0 unspecified atom stereocenters. The lowest BCUT2D eigenvalue weighted by atomic mass is 10.2. The molecule has 0 spiro atoms. The molecule has 74 valence electrons. The molecule has 0 aromatic rings. The van der Waals surface area contributed by atoms with Gasteiger partial charge in [-0.1, -0.05) is 6.08 Å². The van der Waals surface area contributed by atoms with Gasteiger partial charge in [-0.25, -0.2) is 4.79 Å². The lowest BCUT2D eigenvalue weighted by molar-refractivity contribution is 0.149. The van der Waals surface area contributed by atoms with E-state index < -0.39 is 13.2 Å². The van der Waals surface area contributed by atoms with Crippen LogP contribution in [0.3, 0.4) is 0 Å². The highest BCUT2D eigenvalue weighted by molar-refractivity contribution is 7.66. The number of hydrogen-bond acceptors (Lipinski definition) is 2. The first-order chi connectivity index (χ1) is 5.91. The minimum absolute atomic E-state index is 0.371. The normalized spacial score (nSPS) is 18.3. The molecule has 0 aromatic heterocycles. The molecule has 0 atom stereocenters. The van der Waals surface area contributed by atoms with Gasteiger partial charge in [-0.2, -0.15) is 0 Å². The van der Waals surface area contributed by atoms with Crippen LogP contribution in [0.1, 0.15) is 6.42 Å². The Bertz CT molecular complexity index is 292. The summed E-state index contributed by atoms with van der Waals surface area (Å²) in [5, 5.41) is 9.58. The fourth-order valence-corrected chi connectivity index (χ4v) is 2.48. The Morgan fingerprint density at radius 2 is 2.23 bits per heavy atom. The van der Waals surface area contributed by atoms with Gasteiger partial charge in [0, 0.05) is 13.1 Å². The summed E-state index contributed by atoms with van der Waals surface area (Å²) < 4.78 is 11.6. The summed E-state index contributed by atoms with van der Waals surface area (Å²) in [6, 6.07) is 0. The zero-order chi connectivity index (χ0) is 10.1. The van der Waals surface area contributed by atoms with Crippen molar-refractivity contribution >= 4 is 13.2 Å². The van der Waals surface area contributed by atoms with E-state index in [1.54, 1.807) is 19.4 Å². The summed E-state index contributed by atoms with van der Waals surface area (Å²) in [5.74, 6) is 0. The average molecular weight is 203 g/mol. The summed E-state index contributed by atoms with van der Waals surface area (Å²) in [4.78, 5) is 11.9. The minimum Gasteiger partial charge on any atom is -0.465 e. The SMILES string of the molecule is CP(C)(=O)C1=CCN(C(=O)O)CC1. The van der Waals surface area contributed by atoms with Crippen LogP contribution in [0.25, 0.3) is 0 Å². The maximum atomic E-state index is 11.6. The van der Waals surface area contributed by atoms with Crippen molar-refractivity contribution in [3.05, 3.63) is 11.4 Å². The average Bonchev–Trinajstić information content (AvgIpc) is 2.03. The van der Waals surface area contributed by atoms with Crippen molar-refractivity contribution in [3.63, 3.8) is 0 Å². The first kappa shape index (κ1) is 10.3. The van der Waals surface area contributed by atoms with Crippen molar-refractivity contribution in [1.29, 1.82) is 0 Å². The van der Waals surface area contributed by atoms with Crippen LogP contribution in [0.4, 0.5) is 4.79 Å². The van der Waals surface area contributed by atoms with E-state index in [1.807, 2.05) is 0 Å². The molecule has 0 aliphatic carbocycles. The highest BCUT2D eigenvalue weighted by Crippen LogP contribution is 2.48. The van der Waals surface area contributed by atoms with E-state index in [9.17, 15) is 9.36 Å². The molecule has 4 nitrogen and oxygen atoms in total. The third-order valence-corrected chi connectivity index (χ3v) is 3.94. The molecular weight excluding hydrogens is 189 g/mol. The summed E-state index contributed by atoms with van der Waals surface area (Å²) in [6.07, 6.45) is 1.48. The molecule has 0 fully saturated rings. The molecule has 0 saturated carbocycles. The lowest BCUT2D eigenvalue weighted by Gasteiger charge is -2.25. The second-order valence-electron chi connectivity index (χ2n) is 3.52. The van der Waals surface area contributed by atoms with Crippen LogP contribution in [0.15, 0.2) is 11.4 Å². The molecule has 0 aromatic carbocycles. The summed E-state index contributed by atoms with van der Waals surface area (Å²) in [5.41, 5.74) is 0. The molecule has 0 bridgehead atoms. The zero-order valence-electron chi connectivity index (χ0n) is 7.86. The Hall–Kier alpha value is -0.760. The molecule has 0 radical (unpaired) electrons. The van der Waals surface area contributed by atoms with Crippen molar-refractivity contribution in [2.45, 2.75) is 6.42 Å². The van der Waals surface area contributed by atoms with Crippen LogP contribution in [0.2, 0.25) is 0 Å². The van der Waals surface area contributed by atoms with Gasteiger partial charge in [-0.05, 0) is 25.1 Å². The van der Waals surface area contributed by atoms with Crippen molar-refractivity contribution in [2.24, 2.45) is 0 Å².